The lowest BCUT2D eigenvalue weighted by Gasteiger charge is -2.22. The van der Waals surface area contributed by atoms with Crippen LogP contribution in [0.15, 0.2) is 303 Å². The minimum atomic E-state index is -0.306. The van der Waals surface area contributed by atoms with Gasteiger partial charge >= 0.3 is 0 Å². The first kappa shape index (κ1) is 59.0. The van der Waals surface area contributed by atoms with Crippen molar-refractivity contribution < 1.29 is 0 Å². The van der Waals surface area contributed by atoms with Gasteiger partial charge in [-0.25, -0.2) is 19.9 Å². The van der Waals surface area contributed by atoms with Crippen LogP contribution in [0.5, 0.6) is 0 Å². The van der Waals surface area contributed by atoms with Gasteiger partial charge in [0.2, 0.25) is 0 Å². The number of benzene rings is 16. The summed E-state index contributed by atoms with van der Waals surface area (Å²) in [6.07, 6.45) is 1.05. The zero-order valence-corrected chi connectivity index (χ0v) is 56.9. The molecule has 0 amide bonds. The van der Waals surface area contributed by atoms with Crippen LogP contribution in [0.25, 0.3) is 170 Å². The van der Waals surface area contributed by atoms with Crippen LogP contribution in [-0.4, -0.2) is 24.5 Å². The third-order valence-electron chi connectivity index (χ3n) is 22.1. The second-order valence-corrected chi connectivity index (χ2v) is 28.9. The summed E-state index contributed by atoms with van der Waals surface area (Å²) in [6.45, 7) is 8.94. The normalized spacial score (nSPS) is 13.5. The lowest BCUT2D eigenvalue weighted by molar-refractivity contribution is 0.633. The van der Waals surface area contributed by atoms with E-state index in [0.717, 1.165) is 79.7 Å². The number of hydrogen-bond acceptors (Lipinski definition) is 4. The van der Waals surface area contributed by atoms with E-state index in [9.17, 15) is 0 Å². The lowest BCUT2D eigenvalue weighted by atomic mass is 9.85. The molecule has 0 N–H and O–H groups in total. The lowest BCUT2D eigenvalue weighted by Crippen LogP contribution is -2.18. The largest absolute Gasteiger partial charge is 0.291 e. The molecule has 101 heavy (non-hydrogen) atoms. The second-order valence-electron chi connectivity index (χ2n) is 28.5. The van der Waals surface area contributed by atoms with Crippen molar-refractivity contribution in [2.75, 3.05) is 0 Å². The first-order valence-electron chi connectivity index (χ1n) is 34.9. The van der Waals surface area contributed by atoms with Crippen molar-refractivity contribution in [2.45, 2.75) is 44.9 Å². The molecule has 3 aliphatic carbocycles. The molecule has 0 saturated heterocycles. The van der Waals surface area contributed by atoms with Gasteiger partial charge < -0.3 is 0 Å². The Morgan fingerprint density at radius 1 is 0.297 bits per heavy atom. The van der Waals surface area contributed by atoms with Gasteiger partial charge in [0.05, 0.1) is 33.8 Å². The van der Waals surface area contributed by atoms with Gasteiger partial charge in [-0.1, -0.05) is 312 Å². The molecule has 22 rings (SSSR count). The Kier molecular flexibility index (Phi) is 13.1. The van der Waals surface area contributed by atoms with Crippen LogP contribution in [0.4, 0.5) is 0 Å². The maximum absolute atomic E-state index is 6.71. The average molecular weight is 1310 g/mol. The number of halogens is 1. The highest BCUT2D eigenvalue weighted by Gasteiger charge is 2.41. The maximum Gasteiger partial charge on any atom is 0.164 e. The quantitative estimate of drug-likeness (QED) is 0.165. The molecule has 0 radical (unpaired) electrons. The Bertz CT molecular complexity index is 6770. The number of aromatic nitrogens is 5. The molecule has 0 fully saturated rings. The zero-order valence-electron chi connectivity index (χ0n) is 56.2. The topological polar surface area (TPSA) is 56.5 Å². The van der Waals surface area contributed by atoms with E-state index in [1.54, 1.807) is 0 Å². The Labute approximate surface area is 589 Å². The fraction of sp³-hybridized carbons (Fsp3) is 0.0737. The summed E-state index contributed by atoms with van der Waals surface area (Å²) in [5.41, 5.74) is 19.9. The van der Waals surface area contributed by atoms with E-state index in [4.69, 9.17) is 31.5 Å². The first-order valence-corrected chi connectivity index (χ1v) is 35.3. The number of fused-ring (bicyclic) bond motifs is 24. The van der Waals surface area contributed by atoms with E-state index in [0.29, 0.717) is 5.15 Å². The molecule has 19 aromatic rings. The molecule has 0 aliphatic heterocycles. The summed E-state index contributed by atoms with van der Waals surface area (Å²) in [6, 6.07) is 109. The average Bonchev–Trinajstić information content (AvgIpc) is 1.57. The van der Waals surface area contributed by atoms with Gasteiger partial charge in [-0.3, -0.25) is 4.57 Å². The monoisotopic (exact) mass is 1310 g/mol. The number of rotatable bonds is 3. The van der Waals surface area contributed by atoms with Crippen LogP contribution in [0.2, 0.25) is 5.15 Å². The minimum Gasteiger partial charge on any atom is -0.291 e. The summed E-state index contributed by atoms with van der Waals surface area (Å²) >= 11 is 6.71. The molecule has 5 nitrogen and oxygen atoms in total. The molecule has 0 bridgehead atoms. The fourth-order valence-corrected chi connectivity index (χ4v) is 17.2. The maximum atomic E-state index is 6.71. The van der Waals surface area contributed by atoms with Crippen molar-refractivity contribution in [3.63, 3.8) is 0 Å². The van der Waals surface area contributed by atoms with E-state index in [1.165, 1.54) is 130 Å². The third-order valence-corrected chi connectivity index (χ3v) is 22.3. The van der Waals surface area contributed by atoms with Crippen LogP contribution in [-0.2, 0) is 17.3 Å². The van der Waals surface area contributed by atoms with Gasteiger partial charge in [0.1, 0.15) is 11.4 Å². The van der Waals surface area contributed by atoms with Crippen molar-refractivity contribution in [3.8, 4) is 62.0 Å². The molecule has 3 aliphatic rings. The predicted octanol–water partition coefficient (Wildman–Crippen LogP) is 25.1. The van der Waals surface area contributed by atoms with Crippen LogP contribution in [0.3, 0.4) is 0 Å². The van der Waals surface area contributed by atoms with Gasteiger partial charge in [0, 0.05) is 49.2 Å². The highest BCUT2D eigenvalue weighted by molar-refractivity contribution is 6.32. The molecule has 0 unspecified atom stereocenters. The highest BCUT2D eigenvalue weighted by atomic mass is 35.5. The van der Waals surface area contributed by atoms with Crippen LogP contribution in [0, 0.1) is 0 Å². The fourth-order valence-electron chi connectivity index (χ4n) is 17.0. The Balaban J connectivity index is 0.000000113. The molecule has 0 saturated carbocycles. The van der Waals surface area contributed by atoms with Gasteiger partial charge in [-0.15, -0.1) is 0 Å². The van der Waals surface area contributed by atoms with Gasteiger partial charge in [0.25, 0.3) is 0 Å². The van der Waals surface area contributed by atoms with Gasteiger partial charge in [0.15, 0.2) is 11.0 Å². The van der Waals surface area contributed by atoms with Crippen molar-refractivity contribution in [1.82, 2.24) is 24.5 Å². The smallest absolute Gasteiger partial charge is 0.164 e. The van der Waals surface area contributed by atoms with E-state index in [1.807, 2.05) is 0 Å². The molecule has 0 spiro atoms. The van der Waals surface area contributed by atoms with E-state index >= 15 is 0 Å². The van der Waals surface area contributed by atoms with E-state index in [2.05, 4.69) is 336 Å². The highest BCUT2D eigenvalue weighted by Crippen LogP contribution is 2.52. The summed E-state index contributed by atoms with van der Waals surface area (Å²) in [5.74, 6) is 0.857. The van der Waals surface area contributed by atoms with Crippen molar-refractivity contribution in [1.29, 1.82) is 0 Å². The molecule has 3 heterocycles. The van der Waals surface area contributed by atoms with Crippen LogP contribution < -0.4 is 0 Å². The number of hydrogen-bond donors (Lipinski definition) is 0. The molecule has 3 aromatic heterocycles. The van der Waals surface area contributed by atoms with Crippen molar-refractivity contribution >= 4 is 120 Å². The minimum absolute atomic E-state index is 0.208. The summed E-state index contributed by atoms with van der Waals surface area (Å²) in [4.78, 5) is 21.3. The standard InChI is InChI=1S/C47H31N3.C27H19ClN2.C21H14/c1-47(2)40-18-10-9-17-37(40)43-45(47)49-46(42(48-43)33-22-21-30-20-19-28-11-5-7-15-34(28)38(30)26-33)50-41-27-32-14-4-3-13-31(32)25-39(41)36-24-23-29-12-6-8-16-35(29)44(36)50;1-27(2)22-10-6-5-9-20(22)24-25(27)30-26(28)23(29-24)18-14-13-17-12-11-16-7-3-4-8-19(16)21(17)15-18;1-2-7-16-12-20-17(11-15(16)6-1)13-21-18-8-4-3-5-14(18)9-10-19(20)21/h3-27H,1-2H3;3-15H,1-2H3;1-12H,13H2. The second kappa shape index (κ2) is 22.4. The molecule has 476 valence electrons. The van der Waals surface area contributed by atoms with Gasteiger partial charge in [-0.2, -0.15) is 0 Å². The Morgan fingerprint density at radius 3 is 1.33 bits per heavy atom. The van der Waals surface area contributed by atoms with Gasteiger partial charge in [-0.05, 0) is 151 Å². The van der Waals surface area contributed by atoms with Crippen LogP contribution in [0.1, 0.15) is 61.3 Å². The summed E-state index contributed by atoms with van der Waals surface area (Å²) in [5, 5.41) is 22.9. The SMILES string of the molecule is CC1(C)c2ccccc2-c2nc(-c3ccc4ccc5ccccc5c4c3)c(-n3c4cc5ccccc5cc4c4ccc5ccccc5c43)nc21.CC1(C)c2ccccc2-c2nc(-c3ccc4ccc5ccccc5c4c3)c(Cl)nc21.c1ccc2cc3c(cc2c1)Cc1c-3ccc2ccccc12. The Morgan fingerprint density at radius 2 is 0.723 bits per heavy atom. The van der Waals surface area contributed by atoms with Crippen molar-refractivity contribution in [2.24, 2.45) is 0 Å². The molecular formula is C95H64ClN5. The van der Waals surface area contributed by atoms with E-state index < -0.39 is 0 Å². The third kappa shape index (κ3) is 9.16. The van der Waals surface area contributed by atoms with Crippen LogP contribution >= 0.6 is 11.6 Å². The molecule has 0 atom stereocenters. The molecule has 16 aromatic carbocycles. The summed E-state index contributed by atoms with van der Waals surface area (Å²) in [7, 11) is 0. The first-order chi connectivity index (χ1) is 49.5. The van der Waals surface area contributed by atoms with Crippen molar-refractivity contribution in [3.05, 3.63) is 342 Å². The number of nitrogens with zero attached hydrogens (tertiary/aromatic N) is 5. The molecular weight excluding hydrogens is 1250 g/mol. The Hall–Kier alpha value is -12.2. The molecule has 6 heteroatoms. The predicted molar refractivity (Wildman–Crippen MR) is 424 cm³/mol. The van der Waals surface area contributed by atoms with E-state index in [-0.39, 0.29) is 10.8 Å². The summed E-state index contributed by atoms with van der Waals surface area (Å²) < 4.78 is 2.41. The zero-order chi connectivity index (χ0) is 67.4.